The van der Waals surface area contributed by atoms with Crippen LogP contribution in [0.4, 0.5) is 0 Å². The fourth-order valence-corrected chi connectivity index (χ4v) is 0.796. The maximum absolute atomic E-state index is 4.13. The van der Waals surface area contributed by atoms with Crippen LogP contribution < -0.4 is 0 Å². The van der Waals surface area contributed by atoms with Crippen LogP contribution in [0, 0.1) is 5.92 Å². The van der Waals surface area contributed by atoms with Crippen LogP contribution in [0.5, 0.6) is 0 Å². The summed E-state index contributed by atoms with van der Waals surface area (Å²) < 4.78 is 0. The van der Waals surface area contributed by atoms with Crippen LogP contribution in [0.3, 0.4) is 0 Å². The molecule has 0 bridgehead atoms. The largest absolute Gasteiger partial charge is 0.297 e. The van der Waals surface area contributed by atoms with Crippen molar-refractivity contribution in [3.05, 3.63) is 0 Å². The standard InChI is InChI=1S/C6H11N.2C2H6/c1-6-3-2-4-7-5-6;2*1-2/h4,6H,2-3,5H2,1H3;2*1-2H3. The third-order valence-electron chi connectivity index (χ3n) is 1.33. The number of rotatable bonds is 0. The van der Waals surface area contributed by atoms with Crippen LogP contribution in [0.2, 0.25) is 0 Å². The Hall–Kier alpha value is -0.330. The van der Waals surface area contributed by atoms with Gasteiger partial charge in [0.05, 0.1) is 0 Å². The lowest BCUT2D eigenvalue weighted by Gasteiger charge is -2.09. The number of hydrogen-bond donors (Lipinski definition) is 0. The summed E-state index contributed by atoms with van der Waals surface area (Å²) in [6.07, 6.45) is 4.56. The molecule has 1 heterocycles. The van der Waals surface area contributed by atoms with Crippen molar-refractivity contribution in [2.24, 2.45) is 10.9 Å². The van der Waals surface area contributed by atoms with E-state index in [1.165, 1.54) is 12.8 Å². The van der Waals surface area contributed by atoms with Crippen molar-refractivity contribution in [3.8, 4) is 0 Å². The molecule has 1 rings (SSSR count). The summed E-state index contributed by atoms with van der Waals surface area (Å²) in [6, 6.07) is 0. The molecule has 0 saturated heterocycles. The lowest BCUT2D eigenvalue weighted by atomic mass is 10.0. The first-order chi connectivity index (χ1) is 5.39. The number of nitrogens with zero attached hydrogens (tertiary/aromatic N) is 1. The molecule has 1 aliphatic heterocycles. The van der Waals surface area contributed by atoms with E-state index in [0.29, 0.717) is 0 Å². The highest BCUT2D eigenvalue weighted by molar-refractivity contribution is 5.57. The third-order valence-corrected chi connectivity index (χ3v) is 1.33. The van der Waals surface area contributed by atoms with E-state index < -0.39 is 0 Å². The Balaban J connectivity index is 0. The second-order valence-electron chi connectivity index (χ2n) is 2.23. The molecule has 1 aliphatic rings. The molecule has 0 fully saturated rings. The van der Waals surface area contributed by atoms with Gasteiger partial charge in [-0.3, -0.25) is 4.99 Å². The first kappa shape index (κ1) is 13.3. The van der Waals surface area contributed by atoms with Gasteiger partial charge >= 0.3 is 0 Å². The third kappa shape index (κ3) is 9.67. The van der Waals surface area contributed by atoms with E-state index in [9.17, 15) is 0 Å². The van der Waals surface area contributed by atoms with Crippen molar-refractivity contribution in [1.29, 1.82) is 0 Å². The van der Waals surface area contributed by atoms with Gasteiger partial charge in [-0.25, -0.2) is 0 Å². The van der Waals surface area contributed by atoms with Crippen LogP contribution >= 0.6 is 0 Å². The summed E-state index contributed by atoms with van der Waals surface area (Å²) in [5.41, 5.74) is 0. The van der Waals surface area contributed by atoms with E-state index in [0.717, 1.165) is 12.5 Å². The Kier molecular flexibility index (Phi) is 14.9. The summed E-state index contributed by atoms with van der Waals surface area (Å²) in [7, 11) is 0. The zero-order valence-corrected chi connectivity index (χ0v) is 8.72. The molecular weight excluding hydrogens is 134 g/mol. The van der Waals surface area contributed by atoms with Gasteiger partial charge in [-0.05, 0) is 25.0 Å². The smallest absolute Gasteiger partial charge is 0.0411 e. The Morgan fingerprint density at radius 1 is 1.18 bits per heavy atom. The molecular formula is C10H23N. The van der Waals surface area contributed by atoms with Crippen molar-refractivity contribution in [2.75, 3.05) is 6.54 Å². The summed E-state index contributed by atoms with van der Waals surface area (Å²) in [6.45, 7) is 11.3. The predicted molar refractivity (Wildman–Crippen MR) is 54.5 cm³/mol. The zero-order chi connectivity index (χ0) is 9.11. The molecule has 1 atom stereocenters. The molecule has 1 nitrogen and oxygen atoms in total. The van der Waals surface area contributed by atoms with E-state index in [1.807, 2.05) is 33.9 Å². The van der Waals surface area contributed by atoms with Gasteiger partial charge in [-0.1, -0.05) is 34.6 Å². The van der Waals surface area contributed by atoms with Gasteiger partial charge in [-0.2, -0.15) is 0 Å². The second-order valence-corrected chi connectivity index (χ2v) is 2.23. The number of aliphatic imine (C=N–C) groups is 1. The van der Waals surface area contributed by atoms with Crippen molar-refractivity contribution in [1.82, 2.24) is 0 Å². The zero-order valence-electron chi connectivity index (χ0n) is 8.72. The first-order valence-electron chi connectivity index (χ1n) is 4.88. The Labute approximate surface area is 71.9 Å². The first-order valence-corrected chi connectivity index (χ1v) is 4.88. The monoisotopic (exact) mass is 157 g/mol. The predicted octanol–water partition coefficient (Wildman–Crippen LogP) is 3.54. The highest BCUT2D eigenvalue weighted by Crippen LogP contribution is 2.07. The minimum absolute atomic E-state index is 0.838. The van der Waals surface area contributed by atoms with Gasteiger partial charge in [0.25, 0.3) is 0 Å². The molecule has 0 aromatic rings. The number of hydrogen-bond acceptors (Lipinski definition) is 1. The molecule has 0 saturated carbocycles. The van der Waals surface area contributed by atoms with Crippen molar-refractivity contribution < 1.29 is 0 Å². The SMILES string of the molecule is CC.CC.CC1CCC=NC1. The van der Waals surface area contributed by atoms with E-state index in [2.05, 4.69) is 11.9 Å². The molecule has 0 radical (unpaired) electrons. The normalized spacial score (nSPS) is 20.6. The summed E-state index contributed by atoms with van der Waals surface area (Å²) in [5.74, 6) is 0.838. The average Bonchev–Trinajstić information content (AvgIpc) is 2.13. The maximum Gasteiger partial charge on any atom is 0.0411 e. The molecule has 68 valence electrons. The topological polar surface area (TPSA) is 12.4 Å². The average molecular weight is 157 g/mol. The van der Waals surface area contributed by atoms with Gasteiger partial charge in [0.15, 0.2) is 0 Å². The summed E-state index contributed by atoms with van der Waals surface area (Å²) in [4.78, 5) is 4.13. The minimum Gasteiger partial charge on any atom is -0.297 e. The van der Waals surface area contributed by atoms with E-state index in [1.54, 1.807) is 0 Å². The van der Waals surface area contributed by atoms with Crippen LogP contribution in [-0.2, 0) is 0 Å². The van der Waals surface area contributed by atoms with Crippen LogP contribution in [0.1, 0.15) is 47.5 Å². The molecule has 0 aliphatic carbocycles. The van der Waals surface area contributed by atoms with Crippen LogP contribution in [-0.4, -0.2) is 12.8 Å². The van der Waals surface area contributed by atoms with Gasteiger partial charge in [-0.15, -0.1) is 0 Å². The highest BCUT2D eigenvalue weighted by atomic mass is 14.7. The fraction of sp³-hybridized carbons (Fsp3) is 0.900. The maximum atomic E-state index is 4.13. The van der Waals surface area contributed by atoms with Gasteiger partial charge < -0.3 is 0 Å². The second kappa shape index (κ2) is 12.4. The molecule has 11 heavy (non-hydrogen) atoms. The molecule has 0 aromatic heterocycles. The molecule has 0 aromatic carbocycles. The van der Waals surface area contributed by atoms with Crippen LogP contribution in [0.15, 0.2) is 4.99 Å². The Morgan fingerprint density at radius 3 is 1.91 bits per heavy atom. The van der Waals surface area contributed by atoms with E-state index in [-0.39, 0.29) is 0 Å². The lowest BCUT2D eigenvalue weighted by molar-refractivity contribution is 0.543. The summed E-state index contributed by atoms with van der Waals surface area (Å²) >= 11 is 0. The molecule has 0 N–H and O–H groups in total. The fourth-order valence-electron chi connectivity index (χ4n) is 0.796. The van der Waals surface area contributed by atoms with Crippen LogP contribution in [0.25, 0.3) is 0 Å². The van der Waals surface area contributed by atoms with E-state index >= 15 is 0 Å². The lowest BCUT2D eigenvalue weighted by Crippen LogP contribution is -2.04. The minimum atomic E-state index is 0.838. The Morgan fingerprint density at radius 2 is 1.73 bits per heavy atom. The van der Waals surface area contributed by atoms with Gasteiger partial charge in [0.2, 0.25) is 0 Å². The molecule has 0 amide bonds. The molecule has 1 heteroatoms. The van der Waals surface area contributed by atoms with Gasteiger partial charge in [0.1, 0.15) is 0 Å². The summed E-state index contributed by atoms with van der Waals surface area (Å²) in [5, 5.41) is 0. The molecule has 0 spiro atoms. The highest BCUT2D eigenvalue weighted by Gasteiger charge is 2.01. The Bertz CT molecular complexity index is 76.9. The quantitative estimate of drug-likeness (QED) is 0.510. The van der Waals surface area contributed by atoms with Crippen molar-refractivity contribution >= 4 is 6.21 Å². The van der Waals surface area contributed by atoms with Crippen molar-refractivity contribution in [3.63, 3.8) is 0 Å². The van der Waals surface area contributed by atoms with Crippen molar-refractivity contribution in [2.45, 2.75) is 47.5 Å². The van der Waals surface area contributed by atoms with E-state index in [4.69, 9.17) is 0 Å². The molecule has 1 unspecified atom stereocenters. The van der Waals surface area contributed by atoms with Gasteiger partial charge in [0, 0.05) is 6.54 Å².